The second-order valence-corrected chi connectivity index (χ2v) is 6.79. The van der Waals surface area contributed by atoms with Crippen molar-refractivity contribution in [2.24, 2.45) is 0 Å². The van der Waals surface area contributed by atoms with Crippen LogP contribution in [0.15, 0.2) is 30.3 Å². The third-order valence-corrected chi connectivity index (χ3v) is 4.59. The minimum absolute atomic E-state index is 0.0554. The Morgan fingerprint density at radius 3 is 2.48 bits per heavy atom. The fraction of sp³-hybridized carbons (Fsp3) is 0.412. The van der Waals surface area contributed by atoms with Crippen LogP contribution in [0.2, 0.25) is 0 Å². The van der Waals surface area contributed by atoms with Crippen LogP contribution in [0, 0.1) is 0 Å². The monoisotopic (exact) mass is 363 g/mol. The Hall–Kier alpha value is -2.35. The predicted molar refractivity (Wildman–Crippen MR) is 94.7 cm³/mol. The van der Waals surface area contributed by atoms with Crippen molar-refractivity contribution in [1.29, 1.82) is 0 Å². The van der Waals surface area contributed by atoms with Crippen molar-refractivity contribution >= 4 is 34.7 Å². The Labute approximate surface area is 150 Å². The van der Waals surface area contributed by atoms with Gasteiger partial charge >= 0.3 is 11.8 Å². The maximum atomic E-state index is 12.4. The van der Waals surface area contributed by atoms with E-state index >= 15 is 0 Å². The molecule has 1 aliphatic rings. The molecule has 1 fully saturated rings. The van der Waals surface area contributed by atoms with E-state index in [1.165, 1.54) is 4.90 Å². The van der Waals surface area contributed by atoms with Gasteiger partial charge < -0.3 is 10.2 Å². The van der Waals surface area contributed by atoms with Crippen molar-refractivity contribution in [2.75, 3.05) is 18.8 Å². The molecule has 4 amide bonds. The first-order valence-electron chi connectivity index (χ1n) is 8.00. The van der Waals surface area contributed by atoms with E-state index in [-0.39, 0.29) is 36.0 Å². The molecule has 1 aromatic carbocycles. The Morgan fingerprint density at radius 1 is 1.24 bits per heavy atom. The molecule has 1 saturated heterocycles. The number of benzene rings is 1. The Bertz CT molecular complexity index is 647. The fourth-order valence-electron chi connectivity index (χ4n) is 2.35. The topological polar surface area (TPSA) is 86.8 Å². The number of carbonyl (C=O) groups excluding carboxylic acids is 4. The molecular formula is C17H21N3O4S. The van der Waals surface area contributed by atoms with Gasteiger partial charge in [0.05, 0.1) is 5.75 Å². The highest BCUT2D eigenvalue weighted by Crippen LogP contribution is 2.17. The quantitative estimate of drug-likeness (QED) is 0.769. The lowest BCUT2D eigenvalue weighted by molar-refractivity contribution is -0.147. The summed E-state index contributed by atoms with van der Waals surface area (Å²) in [7, 11) is 0. The molecule has 2 rings (SSSR count). The summed E-state index contributed by atoms with van der Waals surface area (Å²) in [5.74, 6) is -1.52. The average Bonchev–Trinajstić information content (AvgIpc) is 2.91. The van der Waals surface area contributed by atoms with Gasteiger partial charge in [-0.05, 0) is 19.4 Å². The van der Waals surface area contributed by atoms with Crippen LogP contribution in [0.25, 0.3) is 0 Å². The predicted octanol–water partition coefficient (Wildman–Crippen LogP) is 1.24. The second-order valence-electron chi connectivity index (χ2n) is 5.87. The number of thioether (sulfide) groups is 1. The summed E-state index contributed by atoms with van der Waals surface area (Å²) in [6.07, 6.45) is 0. The van der Waals surface area contributed by atoms with Gasteiger partial charge in [0.2, 0.25) is 5.91 Å². The highest BCUT2D eigenvalue weighted by Gasteiger charge is 2.30. The van der Waals surface area contributed by atoms with Crippen molar-refractivity contribution in [3.05, 3.63) is 35.9 Å². The molecule has 134 valence electrons. The number of imide groups is 1. The normalized spacial score (nSPS) is 14.1. The highest BCUT2D eigenvalue weighted by molar-refractivity contribution is 8.14. The number of rotatable bonds is 6. The van der Waals surface area contributed by atoms with Crippen molar-refractivity contribution in [2.45, 2.75) is 26.4 Å². The number of nitrogens with zero attached hydrogens (tertiary/aromatic N) is 2. The zero-order chi connectivity index (χ0) is 18.4. The van der Waals surface area contributed by atoms with Crippen LogP contribution < -0.4 is 5.32 Å². The maximum absolute atomic E-state index is 12.4. The van der Waals surface area contributed by atoms with Crippen LogP contribution >= 0.6 is 11.8 Å². The molecule has 0 aromatic heterocycles. The van der Waals surface area contributed by atoms with Crippen LogP contribution in [0.4, 0.5) is 4.79 Å². The largest absolute Gasteiger partial charge is 0.346 e. The summed E-state index contributed by atoms with van der Waals surface area (Å²) in [6.45, 7) is 4.15. The number of hydrogen-bond acceptors (Lipinski definition) is 5. The Kier molecular flexibility index (Phi) is 6.58. The van der Waals surface area contributed by atoms with Crippen LogP contribution in [-0.4, -0.2) is 57.6 Å². The van der Waals surface area contributed by atoms with Crippen LogP contribution in [-0.2, 0) is 20.9 Å². The second kappa shape index (κ2) is 8.66. The Morgan fingerprint density at radius 2 is 1.92 bits per heavy atom. The van der Waals surface area contributed by atoms with Gasteiger partial charge in [0.25, 0.3) is 5.24 Å². The van der Waals surface area contributed by atoms with Gasteiger partial charge in [0.15, 0.2) is 0 Å². The van der Waals surface area contributed by atoms with Crippen LogP contribution in [0.1, 0.15) is 19.4 Å². The van der Waals surface area contributed by atoms with E-state index in [0.29, 0.717) is 6.54 Å². The standard InChI is InChI=1S/C17H21N3O4S/c1-12(2)20(10-13-6-4-3-5-7-13)16(23)15(22)18-8-9-19-14(21)11-25-17(19)24/h3-7,12H,8-11H2,1-2H3,(H,18,22). The van der Waals surface area contributed by atoms with E-state index in [1.54, 1.807) is 0 Å². The third-order valence-electron chi connectivity index (χ3n) is 3.74. The van der Waals surface area contributed by atoms with Crippen molar-refractivity contribution in [1.82, 2.24) is 15.1 Å². The van der Waals surface area contributed by atoms with E-state index in [2.05, 4.69) is 5.32 Å². The molecule has 0 bridgehead atoms. The fourth-order valence-corrected chi connectivity index (χ4v) is 3.11. The lowest BCUT2D eigenvalue weighted by Gasteiger charge is -2.26. The van der Waals surface area contributed by atoms with Crippen molar-refractivity contribution in [3.8, 4) is 0 Å². The van der Waals surface area contributed by atoms with Crippen LogP contribution in [0.5, 0.6) is 0 Å². The molecule has 1 N–H and O–H groups in total. The molecular weight excluding hydrogens is 342 g/mol. The SMILES string of the molecule is CC(C)N(Cc1ccccc1)C(=O)C(=O)NCCN1C(=O)CSC1=O. The van der Waals surface area contributed by atoms with E-state index in [1.807, 2.05) is 44.2 Å². The van der Waals surface area contributed by atoms with Crippen molar-refractivity contribution < 1.29 is 19.2 Å². The summed E-state index contributed by atoms with van der Waals surface area (Å²) >= 11 is 0.938. The zero-order valence-corrected chi connectivity index (χ0v) is 15.0. The first-order valence-corrected chi connectivity index (χ1v) is 8.98. The van der Waals surface area contributed by atoms with Gasteiger partial charge in [-0.2, -0.15) is 0 Å². The lowest BCUT2D eigenvalue weighted by atomic mass is 10.2. The molecule has 7 nitrogen and oxygen atoms in total. The number of hydrogen-bond donors (Lipinski definition) is 1. The number of carbonyl (C=O) groups is 4. The summed E-state index contributed by atoms with van der Waals surface area (Å²) in [5.41, 5.74) is 0.933. The molecule has 0 radical (unpaired) electrons. The average molecular weight is 363 g/mol. The van der Waals surface area contributed by atoms with Crippen LogP contribution in [0.3, 0.4) is 0 Å². The molecule has 8 heteroatoms. The number of amides is 4. The molecule has 0 atom stereocenters. The molecule has 0 aliphatic carbocycles. The molecule has 1 aliphatic heterocycles. The van der Waals surface area contributed by atoms with E-state index in [4.69, 9.17) is 0 Å². The van der Waals surface area contributed by atoms with Gasteiger partial charge in [-0.1, -0.05) is 42.1 Å². The first kappa shape index (κ1) is 19.0. The zero-order valence-electron chi connectivity index (χ0n) is 14.2. The van der Waals surface area contributed by atoms with E-state index < -0.39 is 11.8 Å². The van der Waals surface area contributed by atoms with E-state index in [0.717, 1.165) is 22.2 Å². The summed E-state index contributed by atoms with van der Waals surface area (Å²) < 4.78 is 0. The molecule has 0 spiro atoms. The molecule has 25 heavy (non-hydrogen) atoms. The molecule has 1 aromatic rings. The molecule has 0 unspecified atom stereocenters. The van der Waals surface area contributed by atoms with E-state index in [9.17, 15) is 19.2 Å². The minimum Gasteiger partial charge on any atom is -0.346 e. The third kappa shape index (κ3) is 5.06. The molecule has 0 saturated carbocycles. The number of nitrogens with one attached hydrogen (secondary N) is 1. The van der Waals surface area contributed by atoms with Gasteiger partial charge in [-0.3, -0.25) is 24.1 Å². The van der Waals surface area contributed by atoms with Gasteiger partial charge in [-0.25, -0.2) is 0 Å². The highest BCUT2D eigenvalue weighted by atomic mass is 32.2. The Balaban J connectivity index is 1.89. The van der Waals surface area contributed by atoms with Gasteiger partial charge in [0, 0.05) is 25.7 Å². The summed E-state index contributed by atoms with van der Waals surface area (Å²) in [5, 5.41) is 2.17. The maximum Gasteiger partial charge on any atom is 0.312 e. The van der Waals surface area contributed by atoms with Crippen molar-refractivity contribution in [3.63, 3.8) is 0 Å². The minimum atomic E-state index is -0.739. The van der Waals surface area contributed by atoms with Gasteiger partial charge in [-0.15, -0.1) is 0 Å². The van der Waals surface area contributed by atoms with Gasteiger partial charge in [0.1, 0.15) is 0 Å². The molecule has 1 heterocycles. The summed E-state index contributed by atoms with van der Waals surface area (Å²) in [6, 6.07) is 9.28. The summed E-state index contributed by atoms with van der Waals surface area (Å²) in [4.78, 5) is 50.1. The lowest BCUT2D eigenvalue weighted by Crippen LogP contribution is -2.47. The first-order chi connectivity index (χ1) is 11.9. The smallest absolute Gasteiger partial charge is 0.312 e.